The van der Waals surface area contributed by atoms with E-state index in [1.807, 2.05) is 11.0 Å². The van der Waals surface area contributed by atoms with Crippen molar-refractivity contribution in [3.05, 3.63) is 54.2 Å². The van der Waals surface area contributed by atoms with Gasteiger partial charge in [-0.3, -0.25) is 4.79 Å². The van der Waals surface area contributed by atoms with Gasteiger partial charge >= 0.3 is 5.97 Å². The van der Waals surface area contributed by atoms with Gasteiger partial charge in [0, 0.05) is 19.3 Å². The van der Waals surface area contributed by atoms with Gasteiger partial charge in [-0.05, 0) is 30.2 Å². The molecular weight excluding hydrogens is 311 g/mol. The lowest BCUT2D eigenvalue weighted by molar-refractivity contribution is -0.143. The molecule has 3 heterocycles. The van der Waals surface area contributed by atoms with Gasteiger partial charge in [0.2, 0.25) is 0 Å². The normalized spacial score (nSPS) is 20.6. The van der Waals surface area contributed by atoms with Gasteiger partial charge < -0.3 is 15.0 Å². The fourth-order valence-electron chi connectivity index (χ4n) is 3.40. The second-order valence-corrected chi connectivity index (χ2v) is 6.00. The van der Waals surface area contributed by atoms with Crippen LogP contribution in [0.15, 0.2) is 42.9 Å². The number of carboxylic acids is 1. The van der Waals surface area contributed by atoms with Gasteiger partial charge in [0.25, 0.3) is 0 Å². The predicted octanol–water partition coefficient (Wildman–Crippen LogP) is 2.33. The zero-order valence-electron chi connectivity index (χ0n) is 12.7. The van der Waals surface area contributed by atoms with Crippen molar-refractivity contribution in [1.29, 1.82) is 0 Å². The molecule has 0 saturated carbocycles. The molecule has 1 aliphatic rings. The zero-order valence-corrected chi connectivity index (χ0v) is 12.7. The van der Waals surface area contributed by atoms with Gasteiger partial charge in [-0.2, -0.15) is 0 Å². The smallest absolute Gasteiger partial charge is 0.316 e. The number of anilines is 1. The lowest BCUT2D eigenvalue weighted by atomic mass is 9.80. The number of nitrogens with one attached hydrogen (secondary N) is 1. The lowest BCUT2D eigenvalue weighted by Gasteiger charge is -2.26. The number of aliphatic carboxylic acids is 1. The fourth-order valence-corrected chi connectivity index (χ4v) is 3.40. The molecule has 1 atom stereocenters. The summed E-state index contributed by atoms with van der Waals surface area (Å²) >= 11 is 0. The van der Waals surface area contributed by atoms with Crippen molar-refractivity contribution in [1.82, 2.24) is 15.0 Å². The Morgan fingerprint density at radius 1 is 1.25 bits per heavy atom. The molecule has 122 valence electrons. The molecule has 1 saturated heterocycles. The number of halogens is 1. The Balaban J connectivity index is 1.74. The predicted molar refractivity (Wildman–Crippen MR) is 86.4 cm³/mol. The third-order valence-corrected chi connectivity index (χ3v) is 4.71. The summed E-state index contributed by atoms with van der Waals surface area (Å²) in [5, 5.41) is 10.7. The summed E-state index contributed by atoms with van der Waals surface area (Å²) in [6, 6.07) is 7.59. The van der Waals surface area contributed by atoms with Gasteiger partial charge in [0.1, 0.15) is 29.0 Å². The van der Waals surface area contributed by atoms with Crippen LogP contribution in [-0.4, -0.2) is 39.1 Å². The van der Waals surface area contributed by atoms with E-state index in [-0.39, 0.29) is 12.4 Å². The van der Waals surface area contributed by atoms with Crippen molar-refractivity contribution in [2.75, 3.05) is 18.0 Å². The van der Waals surface area contributed by atoms with E-state index in [4.69, 9.17) is 0 Å². The highest BCUT2D eigenvalue weighted by Crippen LogP contribution is 2.38. The van der Waals surface area contributed by atoms with E-state index in [2.05, 4.69) is 15.0 Å². The summed E-state index contributed by atoms with van der Waals surface area (Å²) in [4.78, 5) is 25.5. The van der Waals surface area contributed by atoms with Crippen LogP contribution in [0.25, 0.3) is 11.0 Å². The quantitative estimate of drug-likeness (QED) is 0.772. The fraction of sp³-hybridized carbons (Fsp3) is 0.235. The van der Waals surface area contributed by atoms with Crippen molar-refractivity contribution in [2.24, 2.45) is 0 Å². The molecule has 1 aliphatic heterocycles. The van der Waals surface area contributed by atoms with Crippen molar-refractivity contribution >= 4 is 22.8 Å². The minimum Gasteiger partial charge on any atom is -0.481 e. The Labute approximate surface area is 137 Å². The topological polar surface area (TPSA) is 82.1 Å². The average molecular weight is 326 g/mol. The van der Waals surface area contributed by atoms with E-state index >= 15 is 0 Å². The summed E-state index contributed by atoms with van der Waals surface area (Å²) in [6.07, 6.45) is 3.68. The Kier molecular flexibility index (Phi) is 3.23. The van der Waals surface area contributed by atoms with Crippen LogP contribution in [0.3, 0.4) is 0 Å². The van der Waals surface area contributed by atoms with E-state index in [9.17, 15) is 14.3 Å². The summed E-state index contributed by atoms with van der Waals surface area (Å²) in [6.45, 7) is 0.840. The highest BCUT2D eigenvalue weighted by atomic mass is 19.1. The maximum absolute atomic E-state index is 13.2. The van der Waals surface area contributed by atoms with Crippen LogP contribution in [0, 0.1) is 5.82 Å². The monoisotopic (exact) mass is 326 g/mol. The van der Waals surface area contributed by atoms with Crippen LogP contribution in [0.1, 0.15) is 12.0 Å². The van der Waals surface area contributed by atoms with Gasteiger partial charge in [-0.1, -0.05) is 12.1 Å². The number of nitrogens with zero attached hydrogens (tertiary/aromatic N) is 3. The largest absolute Gasteiger partial charge is 0.481 e. The van der Waals surface area contributed by atoms with E-state index < -0.39 is 11.4 Å². The number of carbonyl (C=O) groups is 1. The van der Waals surface area contributed by atoms with Gasteiger partial charge in [-0.15, -0.1) is 0 Å². The van der Waals surface area contributed by atoms with Crippen molar-refractivity contribution in [2.45, 2.75) is 11.8 Å². The average Bonchev–Trinajstić information content (AvgIpc) is 3.23. The number of hydrogen-bond acceptors (Lipinski definition) is 4. The molecule has 7 heteroatoms. The standard InChI is InChI=1S/C17H15FN4O2/c18-12-3-1-11(2-4-12)17(16(23)24)6-8-22(9-17)15-13-5-7-19-14(13)20-10-21-15/h1-5,7,10H,6,8-9H2,(H,23,24)(H,19,20,21). The molecule has 1 fully saturated rings. The highest BCUT2D eigenvalue weighted by Gasteiger charge is 2.47. The molecule has 4 rings (SSSR count). The summed E-state index contributed by atoms with van der Waals surface area (Å²) in [7, 11) is 0. The molecule has 1 unspecified atom stereocenters. The molecule has 2 N–H and O–H groups in total. The second kappa shape index (κ2) is 5.30. The second-order valence-electron chi connectivity index (χ2n) is 6.00. The van der Waals surface area contributed by atoms with Gasteiger partial charge in [-0.25, -0.2) is 14.4 Å². The Morgan fingerprint density at radius 2 is 2.04 bits per heavy atom. The molecule has 0 aliphatic carbocycles. The van der Waals surface area contributed by atoms with Crippen molar-refractivity contribution in [3.63, 3.8) is 0 Å². The number of aromatic nitrogens is 3. The molecule has 2 aromatic heterocycles. The van der Waals surface area contributed by atoms with Crippen LogP contribution in [0.5, 0.6) is 0 Å². The van der Waals surface area contributed by atoms with Crippen LogP contribution in [0.2, 0.25) is 0 Å². The van der Waals surface area contributed by atoms with Crippen LogP contribution >= 0.6 is 0 Å². The molecule has 24 heavy (non-hydrogen) atoms. The summed E-state index contributed by atoms with van der Waals surface area (Å²) in [5.74, 6) is -0.568. The first kappa shape index (κ1) is 14.6. The van der Waals surface area contributed by atoms with Crippen LogP contribution in [0.4, 0.5) is 10.2 Å². The molecule has 0 spiro atoms. The number of carboxylic acid groups (broad SMARTS) is 1. The van der Waals surface area contributed by atoms with Crippen LogP contribution in [-0.2, 0) is 10.2 Å². The first-order valence-corrected chi connectivity index (χ1v) is 7.63. The molecular formula is C17H15FN4O2. The first-order chi connectivity index (χ1) is 11.6. The number of H-pyrrole nitrogens is 1. The Hall–Kier alpha value is -2.96. The maximum Gasteiger partial charge on any atom is 0.316 e. The number of fused-ring (bicyclic) bond motifs is 1. The molecule has 6 nitrogen and oxygen atoms in total. The van der Waals surface area contributed by atoms with Gasteiger partial charge in [0.05, 0.1) is 5.39 Å². The third kappa shape index (κ3) is 2.12. The lowest BCUT2D eigenvalue weighted by Crippen LogP contribution is -2.39. The van der Waals surface area contributed by atoms with E-state index in [1.54, 1.807) is 18.3 Å². The molecule has 0 radical (unpaired) electrons. The zero-order chi connectivity index (χ0) is 16.7. The van der Waals surface area contributed by atoms with Gasteiger partial charge in [0.15, 0.2) is 0 Å². The SMILES string of the molecule is O=C(O)C1(c2ccc(F)cc2)CCN(c2ncnc3[nH]ccc23)C1. The van der Waals surface area contributed by atoms with E-state index in [0.717, 1.165) is 11.0 Å². The number of benzene rings is 1. The molecule has 0 bridgehead atoms. The van der Waals surface area contributed by atoms with E-state index in [1.165, 1.54) is 18.5 Å². The molecule has 1 aromatic carbocycles. The molecule has 3 aromatic rings. The third-order valence-electron chi connectivity index (χ3n) is 4.71. The first-order valence-electron chi connectivity index (χ1n) is 7.63. The Bertz CT molecular complexity index is 908. The van der Waals surface area contributed by atoms with E-state index in [0.29, 0.717) is 24.3 Å². The molecule has 0 amide bonds. The van der Waals surface area contributed by atoms with Crippen LogP contribution < -0.4 is 4.90 Å². The maximum atomic E-state index is 13.2. The van der Waals surface area contributed by atoms with Crippen molar-refractivity contribution < 1.29 is 14.3 Å². The Morgan fingerprint density at radius 3 is 2.79 bits per heavy atom. The highest BCUT2D eigenvalue weighted by molar-refractivity contribution is 5.89. The number of hydrogen-bond donors (Lipinski definition) is 2. The number of aromatic amines is 1. The minimum absolute atomic E-state index is 0.283. The summed E-state index contributed by atoms with van der Waals surface area (Å²) in [5.41, 5.74) is 0.259. The minimum atomic E-state index is -1.07. The summed E-state index contributed by atoms with van der Waals surface area (Å²) < 4.78 is 13.2. The van der Waals surface area contributed by atoms with Crippen molar-refractivity contribution in [3.8, 4) is 0 Å². The number of rotatable bonds is 3.